The molecule has 1 amide bonds. The Morgan fingerprint density at radius 3 is 2.57 bits per heavy atom. The minimum Gasteiger partial charge on any atom is -0.338 e. The first-order valence-electron chi connectivity index (χ1n) is 8.05. The van der Waals surface area contributed by atoms with E-state index in [1.165, 1.54) is 18.2 Å². The second-order valence-electron chi connectivity index (χ2n) is 8.07. The zero-order valence-corrected chi connectivity index (χ0v) is 16.2. The van der Waals surface area contributed by atoms with Crippen molar-refractivity contribution < 1.29 is 4.79 Å². The second kappa shape index (κ2) is 6.16. The highest BCUT2D eigenvalue weighted by Crippen LogP contribution is 2.52. The van der Waals surface area contributed by atoms with E-state index >= 15 is 0 Å². The predicted molar refractivity (Wildman–Crippen MR) is 98.4 cm³/mol. The summed E-state index contributed by atoms with van der Waals surface area (Å²) in [4.78, 5) is 15.7. The number of hydrogen-bond donors (Lipinski definition) is 0. The van der Waals surface area contributed by atoms with Crippen molar-refractivity contribution in [3.05, 3.63) is 28.2 Å². The number of carbonyl (C=O) groups excluding carboxylic acids is 1. The summed E-state index contributed by atoms with van der Waals surface area (Å²) in [5, 5.41) is 1.23. The number of carbonyl (C=O) groups is 1. The van der Waals surface area contributed by atoms with Gasteiger partial charge in [-0.05, 0) is 42.2 Å². The molecule has 1 aliphatic carbocycles. The van der Waals surface area contributed by atoms with Crippen LogP contribution in [0.3, 0.4) is 0 Å². The predicted octanol–water partition coefficient (Wildman–Crippen LogP) is 5.51. The van der Waals surface area contributed by atoms with Crippen molar-refractivity contribution in [2.75, 3.05) is 12.3 Å². The van der Waals surface area contributed by atoms with Crippen molar-refractivity contribution in [1.82, 2.24) is 4.90 Å². The first-order valence-corrected chi connectivity index (χ1v) is 9.80. The van der Waals surface area contributed by atoms with Crippen LogP contribution in [-0.2, 0) is 4.79 Å². The first-order chi connectivity index (χ1) is 10.7. The van der Waals surface area contributed by atoms with Crippen molar-refractivity contribution in [2.24, 2.45) is 10.8 Å². The molecule has 1 aliphatic heterocycles. The van der Waals surface area contributed by atoms with Crippen LogP contribution in [0.15, 0.2) is 23.1 Å². The smallest absolute Gasteiger partial charge is 0.233 e. The van der Waals surface area contributed by atoms with Gasteiger partial charge < -0.3 is 4.90 Å². The third-order valence-corrected chi connectivity index (χ3v) is 6.97. The standard InChI is InChI=1S/C18H23Cl2NOS/c1-17(2)7-12-8-18(3,10-17)11-21(12)15(22)9-23-16-13(19)5-4-6-14(16)20/h4-6,12H,7-11H2,1-3H3/t12-,18-/m1/s1. The molecule has 5 heteroatoms. The van der Waals surface area contributed by atoms with Gasteiger partial charge in [0.15, 0.2) is 0 Å². The molecule has 0 radical (unpaired) electrons. The molecule has 0 unspecified atom stereocenters. The summed E-state index contributed by atoms with van der Waals surface area (Å²) >= 11 is 13.8. The Labute approximate surface area is 152 Å². The summed E-state index contributed by atoms with van der Waals surface area (Å²) in [5.74, 6) is 0.605. The Kier molecular flexibility index (Phi) is 4.67. The lowest BCUT2D eigenvalue weighted by atomic mass is 9.65. The molecular weight excluding hydrogens is 349 g/mol. The van der Waals surface area contributed by atoms with Gasteiger partial charge in [0.2, 0.25) is 5.91 Å². The Hall–Kier alpha value is -0.380. The monoisotopic (exact) mass is 371 g/mol. The van der Waals surface area contributed by atoms with E-state index in [4.69, 9.17) is 23.2 Å². The topological polar surface area (TPSA) is 20.3 Å². The summed E-state index contributed by atoms with van der Waals surface area (Å²) < 4.78 is 0. The van der Waals surface area contributed by atoms with Gasteiger partial charge in [0, 0.05) is 17.5 Å². The van der Waals surface area contributed by atoms with Crippen molar-refractivity contribution in [3.63, 3.8) is 0 Å². The summed E-state index contributed by atoms with van der Waals surface area (Å²) in [6.07, 6.45) is 3.44. The number of thioether (sulfide) groups is 1. The minimum atomic E-state index is 0.206. The van der Waals surface area contributed by atoms with E-state index in [2.05, 4.69) is 25.7 Å². The molecule has 1 saturated heterocycles. The number of benzene rings is 1. The molecule has 1 heterocycles. The van der Waals surface area contributed by atoms with Crippen LogP contribution in [0.5, 0.6) is 0 Å². The summed E-state index contributed by atoms with van der Waals surface area (Å²) in [5.41, 5.74) is 0.598. The Morgan fingerprint density at radius 2 is 1.91 bits per heavy atom. The maximum Gasteiger partial charge on any atom is 0.233 e. The van der Waals surface area contributed by atoms with Gasteiger partial charge in [-0.1, -0.05) is 50.0 Å². The summed E-state index contributed by atoms with van der Waals surface area (Å²) in [6.45, 7) is 7.86. The number of likely N-dealkylation sites (tertiary alicyclic amines) is 1. The number of nitrogens with zero attached hydrogens (tertiary/aromatic N) is 1. The average Bonchev–Trinajstić information content (AvgIpc) is 2.67. The molecule has 2 nitrogen and oxygen atoms in total. The van der Waals surface area contributed by atoms with Crippen LogP contribution in [0.2, 0.25) is 10.0 Å². The van der Waals surface area contributed by atoms with Crippen LogP contribution in [-0.4, -0.2) is 29.1 Å². The molecule has 0 spiro atoms. The van der Waals surface area contributed by atoms with Crippen LogP contribution >= 0.6 is 35.0 Å². The molecule has 2 aliphatic rings. The van der Waals surface area contributed by atoms with Crippen LogP contribution in [0.25, 0.3) is 0 Å². The maximum absolute atomic E-state index is 12.8. The lowest BCUT2D eigenvalue weighted by molar-refractivity contribution is -0.129. The number of amides is 1. The molecular formula is C18H23Cl2NOS. The number of hydrogen-bond acceptors (Lipinski definition) is 2. The highest BCUT2D eigenvalue weighted by atomic mass is 35.5. The van der Waals surface area contributed by atoms with Crippen LogP contribution in [0.4, 0.5) is 0 Å². The van der Waals surface area contributed by atoms with Crippen molar-refractivity contribution in [3.8, 4) is 0 Å². The number of rotatable bonds is 3. The second-order valence-corrected chi connectivity index (χ2v) is 9.87. The van der Waals surface area contributed by atoms with E-state index in [0.717, 1.165) is 24.3 Å². The molecule has 0 N–H and O–H groups in total. The Balaban J connectivity index is 1.68. The molecule has 1 aromatic rings. The van der Waals surface area contributed by atoms with E-state index in [0.29, 0.717) is 27.3 Å². The molecule has 3 rings (SSSR count). The van der Waals surface area contributed by atoms with Gasteiger partial charge in [0.05, 0.1) is 15.8 Å². The number of fused-ring (bicyclic) bond motifs is 2. The van der Waals surface area contributed by atoms with Gasteiger partial charge in [-0.15, -0.1) is 11.8 Å². The first kappa shape index (κ1) is 17.4. The quantitative estimate of drug-likeness (QED) is 0.652. The molecule has 126 valence electrons. The van der Waals surface area contributed by atoms with Crippen molar-refractivity contribution >= 4 is 40.9 Å². The van der Waals surface area contributed by atoms with Gasteiger partial charge >= 0.3 is 0 Å². The van der Waals surface area contributed by atoms with Crippen molar-refractivity contribution in [1.29, 1.82) is 0 Å². The zero-order valence-electron chi connectivity index (χ0n) is 13.9. The van der Waals surface area contributed by atoms with Crippen LogP contribution < -0.4 is 0 Å². The lowest BCUT2D eigenvalue weighted by Gasteiger charge is -2.39. The third-order valence-electron chi connectivity index (χ3n) is 4.99. The fraction of sp³-hybridized carbons (Fsp3) is 0.611. The van der Waals surface area contributed by atoms with E-state index < -0.39 is 0 Å². The highest BCUT2D eigenvalue weighted by Gasteiger charge is 2.50. The number of halogens is 2. The lowest BCUT2D eigenvalue weighted by Crippen LogP contribution is -2.38. The van der Waals surface area contributed by atoms with E-state index in [-0.39, 0.29) is 11.3 Å². The van der Waals surface area contributed by atoms with Gasteiger partial charge in [-0.25, -0.2) is 0 Å². The van der Waals surface area contributed by atoms with Crippen LogP contribution in [0.1, 0.15) is 40.0 Å². The largest absolute Gasteiger partial charge is 0.338 e. The molecule has 1 aromatic carbocycles. The average molecular weight is 372 g/mol. The van der Waals surface area contributed by atoms with Gasteiger partial charge in [0.1, 0.15) is 0 Å². The van der Waals surface area contributed by atoms with E-state index in [1.807, 2.05) is 18.2 Å². The van der Waals surface area contributed by atoms with E-state index in [9.17, 15) is 4.79 Å². The molecule has 1 saturated carbocycles. The molecule has 2 fully saturated rings. The summed E-state index contributed by atoms with van der Waals surface area (Å²) in [6, 6.07) is 5.83. The van der Waals surface area contributed by atoms with Crippen molar-refractivity contribution in [2.45, 2.75) is 51.0 Å². The maximum atomic E-state index is 12.8. The summed E-state index contributed by atoms with van der Waals surface area (Å²) in [7, 11) is 0. The normalized spacial score (nSPS) is 28.9. The fourth-order valence-corrected chi connectivity index (χ4v) is 6.16. The van der Waals surface area contributed by atoms with Gasteiger partial charge in [-0.2, -0.15) is 0 Å². The third kappa shape index (κ3) is 3.67. The Bertz CT molecular complexity index is 613. The SMILES string of the molecule is CC1(C)C[C@@H]2C[C@@](C)(CN2C(=O)CSc2c(Cl)cccc2Cl)C1. The molecule has 0 aromatic heterocycles. The van der Waals surface area contributed by atoms with Crippen LogP contribution in [0, 0.1) is 10.8 Å². The minimum absolute atomic E-state index is 0.206. The van der Waals surface area contributed by atoms with E-state index in [1.54, 1.807) is 0 Å². The molecule has 2 bridgehead atoms. The van der Waals surface area contributed by atoms with Gasteiger partial charge in [0.25, 0.3) is 0 Å². The van der Waals surface area contributed by atoms with Gasteiger partial charge in [-0.3, -0.25) is 4.79 Å². The molecule has 2 atom stereocenters. The highest BCUT2D eigenvalue weighted by molar-refractivity contribution is 8.00. The fourth-order valence-electron chi connectivity index (χ4n) is 4.59. The Morgan fingerprint density at radius 1 is 1.26 bits per heavy atom. The molecule has 23 heavy (non-hydrogen) atoms. The zero-order chi connectivity index (χ0) is 16.8.